The van der Waals surface area contributed by atoms with Crippen LogP contribution in [0.5, 0.6) is 0 Å². The normalized spacial score (nSPS) is 12.3. The predicted octanol–water partition coefficient (Wildman–Crippen LogP) is 3.17. The number of nitrogens with one attached hydrogen (secondary N) is 1. The van der Waals surface area contributed by atoms with E-state index in [2.05, 4.69) is 10.4 Å². The molecule has 1 N–H and O–H groups in total. The van der Waals surface area contributed by atoms with Crippen LogP contribution in [0.1, 0.15) is 33.5 Å². The summed E-state index contributed by atoms with van der Waals surface area (Å²) in [6.45, 7) is 4.37. The zero-order valence-corrected chi connectivity index (χ0v) is 13.3. The van der Waals surface area contributed by atoms with E-state index >= 15 is 0 Å². The van der Waals surface area contributed by atoms with Crippen molar-refractivity contribution in [3.05, 3.63) is 64.0 Å². The van der Waals surface area contributed by atoms with Crippen molar-refractivity contribution >= 4 is 17.2 Å². The Morgan fingerprint density at radius 1 is 1.45 bits per heavy atom. The molecule has 6 heteroatoms. The van der Waals surface area contributed by atoms with E-state index in [1.807, 2.05) is 53.6 Å². The SMILES string of the molecule is Cc1cc(C)n(C(CNC(=O)c2ccsc2)c2ccco2)n1. The number of hydrogen-bond donors (Lipinski definition) is 1. The summed E-state index contributed by atoms with van der Waals surface area (Å²) in [7, 11) is 0. The van der Waals surface area contributed by atoms with Crippen molar-refractivity contribution in [1.82, 2.24) is 15.1 Å². The van der Waals surface area contributed by atoms with Crippen LogP contribution in [-0.2, 0) is 0 Å². The number of amides is 1. The summed E-state index contributed by atoms with van der Waals surface area (Å²) in [4.78, 5) is 12.1. The van der Waals surface area contributed by atoms with Gasteiger partial charge in [-0.05, 0) is 43.5 Å². The molecular weight excluding hydrogens is 298 g/mol. The molecule has 0 aliphatic rings. The van der Waals surface area contributed by atoms with Crippen LogP contribution < -0.4 is 5.32 Å². The third-order valence-corrected chi connectivity index (χ3v) is 4.13. The van der Waals surface area contributed by atoms with Gasteiger partial charge < -0.3 is 9.73 Å². The summed E-state index contributed by atoms with van der Waals surface area (Å²) in [5.74, 6) is 0.691. The highest BCUT2D eigenvalue weighted by atomic mass is 32.1. The number of aromatic nitrogens is 2. The molecule has 0 aliphatic carbocycles. The number of furan rings is 1. The van der Waals surface area contributed by atoms with Gasteiger partial charge in [-0.15, -0.1) is 0 Å². The van der Waals surface area contributed by atoms with E-state index in [0.29, 0.717) is 12.1 Å². The van der Waals surface area contributed by atoms with Gasteiger partial charge in [0.1, 0.15) is 11.8 Å². The van der Waals surface area contributed by atoms with Crippen LogP contribution in [0.15, 0.2) is 45.7 Å². The van der Waals surface area contributed by atoms with Crippen LogP contribution in [0.3, 0.4) is 0 Å². The van der Waals surface area contributed by atoms with E-state index in [-0.39, 0.29) is 11.9 Å². The molecule has 22 heavy (non-hydrogen) atoms. The van der Waals surface area contributed by atoms with E-state index in [4.69, 9.17) is 4.42 Å². The highest BCUT2D eigenvalue weighted by Crippen LogP contribution is 2.20. The lowest BCUT2D eigenvalue weighted by atomic mass is 10.2. The lowest BCUT2D eigenvalue weighted by Crippen LogP contribution is -2.31. The first-order valence-corrected chi connectivity index (χ1v) is 7.96. The summed E-state index contributed by atoms with van der Waals surface area (Å²) in [5.41, 5.74) is 2.65. The zero-order chi connectivity index (χ0) is 15.5. The first-order chi connectivity index (χ1) is 10.6. The third kappa shape index (κ3) is 2.96. The smallest absolute Gasteiger partial charge is 0.252 e. The Morgan fingerprint density at radius 3 is 2.91 bits per heavy atom. The fraction of sp³-hybridized carbons (Fsp3) is 0.250. The molecule has 1 atom stereocenters. The van der Waals surface area contributed by atoms with Crippen molar-refractivity contribution in [3.8, 4) is 0 Å². The molecule has 0 spiro atoms. The van der Waals surface area contributed by atoms with Crippen LogP contribution in [0.2, 0.25) is 0 Å². The topological polar surface area (TPSA) is 60.1 Å². The summed E-state index contributed by atoms with van der Waals surface area (Å²) in [5, 5.41) is 11.2. The average molecular weight is 315 g/mol. The van der Waals surface area contributed by atoms with Gasteiger partial charge in [-0.1, -0.05) is 0 Å². The molecule has 0 aliphatic heterocycles. The Balaban J connectivity index is 1.81. The minimum Gasteiger partial charge on any atom is -0.467 e. The monoisotopic (exact) mass is 315 g/mol. The summed E-state index contributed by atoms with van der Waals surface area (Å²) in [6.07, 6.45) is 1.63. The van der Waals surface area contributed by atoms with Gasteiger partial charge in [0.05, 0.1) is 12.0 Å². The van der Waals surface area contributed by atoms with Gasteiger partial charge in [0.15, 0.2) is 0 Å². The van der Waals surface area contributed by atoms with Crippen LogP contribution >= 0.6 is 11.3 Å². The molecule has 114 valence electrons. The molecule has 1 amide bonds. The standard InChI is InChI=1S/C16H17N3O2S/c1-11-8-12(2)19(18-11)14(15-4-3-6-21-15)9-17-16(20)13-5-7-22-10-13/h3-8,10,14H,9H2,1-2H3,(H,17,20). The number of carbonyl (C=O) groups is 1. The molecular formula is C16H17N3O2S. The summed E-state index contributed by atoms with van der Waals surface area (Å²) >= 11 is 1.51. The molecule has 0 aromatic carbocycles. The molecule has 0 fully saturated rings. The summed E-state index contributed by atoms with van der Waals surface area (Å²) in [6, 6.07) is 7.40. The van der Waals surface area contributed by atoms with E-state index < -0.39 is 0 Å². The molecule has 3 heterocycles. The first kappa shape index (κ1) is 14.6. The number of hydrogen-bond acceptors (Lipinski definition) is 4. The third-order valence-electron chi connectivity index (χ3n) is 3.45. The van der Waals surface area contributed by atoms with Crippen LogP contribution in [0.25, 0.3) is 0 Å². The van der Waals surface area contributed by atoms with E-state index in [1.165, 1.54) is 11.3 Å². The van der Waals surface area contributed by atoms with Crippen LogP contribution in [0.4, 0.5) is 0 Å². The van der Waals surface area contributed by atoms with Gasteiger partial charge in [-0.3, -0.25) is 9.48 Å². The Hall–Kier alpha value is -2.34. The molecule has 3 aromatic rings. The Kier molecular flexibility index (Phi) is 4.11. The molecule has 0 radical (unpaired) electrons. The number of thiophene rings is 1. The van der Waals surface area contributed by atoms with Gasteiger partial charge in [0.25, 0.3) is 5.91 Å². The van der Waals surface area contributed by atoms with E-state index in [1.54, 1.807) is 6.26 Å². The van der Waals surface area contributed by atoms with Gasteiger partial charge >= 0.3 is 0 Å². The molecule has 0 saturated heterocycles. The Bertz CT molecular complexity index is 745. The fourth-order valence-electron chi connectivity index (χ4n) is 2.44. The lowest BCUT2D eigenvalue weighted by Gasteiger charge is -2.17. The van der Waals surface area contributed by atoms with Crippen molar-refractivity contribution in [2.24, 2.45) is 0 Å². The first-order valence-electron chi connectivity index (χ1n) is 7.01. The molecule has 3 rings (SSSR count). The highest BCUT2D eigenvalue weighted by Gasteiger charge is 2.20. The quantitative estimate of drug-likeness (QED) is 0.786. The van der Waals surface area contributed by atoms with Crippen molar-refractivity contribution in [3.63, 3.8) is 0 Å². The largest absolute Gasteiger partial charge is 0.467 e. The highest BCUT2D eigenvalue weighted by molar-refractivity contribution is 7.08. The van der Waals surface area contributed by atoms with Gasteiger partial charge in [0, 0.05) is 23.2 Å². The van der Waals surface area contributed by atoms with Crippen molar-refractivity contribution in [1.29, 1.82) is 0 Å². The molecule has 3 aromatic heterocycles. The lowest BCUT2D eigenvalue weighted by molar-refractivity contribution is 0.0948. The van der Waals surface area contributed by atoms with Crippen LogP contribution in [-0.4, -0.2) is 22.2 Å². The average Bonchev–Trinajstić information content (AvgIpc) is 3.22. The Morgan fingerprint density at radius 2 is 2.32 bits per heavy atom. The maximum Gasteiger partial charge on any atom is 0.252 e. The number of carbonyl (C=O) groups excluding carboxylic acids is 1. The maximum absolute atomic E-state index is 12.1. The van der Waals surface area contributed by atoms with Gasteiger partial charge in [0.2, 0.25) is 0 Å². The summed E-state index contributed by atoms with van der Waals surface area (Å²) < 4.78 is 7.42. The predicted molar refractivity (Wildman–Crippen MR) is 85.2 cm³/mol. The fourth-order valence-corrected chi connectivity index (χ4v) is 3.07. The van der Waals surface area contributed by atoms with E-state index in [0.717, 1.165) is 17.1 Å². The zero-order valence-electron chi connectivity index (χ0n) is 12.4. The minimum absolute atomic E-state index is 0.0839. The minimum atomic E-state index is -0.161. The van der Waals surface area contributed by atoms with Crippen LogP contribution in [0, 0.1) is 13.8 Å². The number of aryl methyl sites for hydroxylation is 2. The number of nitrogens with zero attached hydrogens (tertiary/aromatic N) is 2. The van der Waals surface area contributed by atoms with Crippen molar-refractivity contribution < 1.29 is 9.21 Å². The molecule has 0 bridgehead atoms. The van der Waals surface area contributed by atoms with Crippen molar-refractivity contribution in [2.45, 2.75) is 19.9 Å². The second kappa shape index (κ2) is 6.19. The van der Waals surface area contributed by atoms with Gasteiger partial charge in [-0.25, -0.2) is 0 Å². The molecule has 5 nitrogen and oxygen atoms in total. The number of rotatable bonds is 5. The maximum atomic E-state index is 12.1. The second-order valence-electron chi connectivity index (χ2n) is 5.12. The molecule has 0 saturated carbocycles. The Labute approximate surface area is 132 Å². The molecule has 1 unspecified atom stereocenters. The van der Waals surface area contributed by atoms with E-state index in [9.17, 15) is 4.79 Å². The second-order valence-corrected chi connectivity index (χ2v) is 5.90. The van der Waals surface area contributed by atoms with Gasteiger partial charge in [-0.2, -0.15) is 16.4 Å². The van der Waals surface area contributed by atoms with Crippen molar-refractivity contribution in [2.75, 3.05) is 6.54 Å².